The van der Waals surface area contributed by atoms with E-state index >= 15 is 0 Å². The van der Waals surface area contributed by atoms with Gasteiger partial charge in [-0.25, -0.2) is 8.42 Å². The lowest BCUT2D eigenvalue weighted by Gasteiger charge is -2.23. The summed E-state index contributed by atoms with van der Waals surface area (Å²) in [5.74, 6) is 0.169. The summed E-state index contributed by atoms with van der Waals surface area (Å²) in [5, 5.41) is 6.28. The van der Waals surface area contributed by atoms with Crippen LogP contribution < -0.4 is 10.6 Å². The molecular weight excluding hydrogens is 300 g/mol. The Morgan fingerprint density at radius 1 is 1.36 bits per heavy atom. The Hall–Kier alpha value is -1.40. The number of carbonyl (C=O) groups excluding carboxylic acids is 1. The number of anilines is 1. The van der Waals surface area contributed by atoms with Gasteiger partial charge in [0.2, 0.25) is 5.91 Å². The Labute approximate surface area is 131 Å². The van der Waals surface area contributed by atoms with Crippen LogP contribution in [0.25, 0.3) is 0 Å². The molecule has 2 aliphatic rings. The fourth-order valence-corrected chi connectivity index (χ4v) is 4.25. The van der Waals surface area contributed by atoms with Crippen molar-refractivity contribution in [3.63, 3.8) is 0 Å². The zero-order chi connectivity index (χ0) is 15.8. The molecule has 1 heterocycles. The van der Waals surface area contributed by atoms with E-state index in [4.69, 9.17) is 0 Å². The molecule has 1 atom stereocenters. The van der Waals surface area contributed by atoms with E-state index in [1.54, 1.807) is 24.3 Å². The molecular formula is C16H22N2O3S. The molecule has 5 nitrogen and oxygen atoms in total. The summed E-state index contributed by atoms with van der Waals surface area (Å²) in [4.78, 5) is 12.4. The Morgan fingerprint density at radius 3 is 2.77 bits per heavy atom. The molecule has 2 N–H and O–H groups in total. The van der Waals surface area contributed by atoms with Gasteiger partial charge in [-0.1, -0.05) is 12.1 Å². The summed E-state index contributed by atoms with van der Waals surface area (Å²) in [6.07, 6.45) is 4.32. The van der Waals surface area contributed by atoms with Crippen molar-refractivity contribution in [3.05, 3.63) is 29.8 Å². The lowest BCUT2D eigenvalue weighted by atomic mass is 9.92. The summed E-state index contributed by atoms with van der Waals surface area (Å²) in [7, 11) is -3.07. The van der Waals surface area contributed by atoms with E-state index in [2.05, 4.69) is 10.6 Å². The van der Waals surface area contributed by atoms with Gasteiger partial charge >= 0.3 is 0 Å². The van der Waals surface area contributed by atoms with Crippen molar-refractivity contribution >= 4 is 21.4 Å². The molecule has 1 saturated heterocycles. The average molecular weight is 322 g/mol. The van der Waals surface area contributed by atoms with Gasteiger partial charge in [-0.2, -0.15) is 0 Å². The van der Waals surface area contributed by atoms with E-state index in [1.165, 1.54) is 6.26 Å². The summed E-state index contributed by atoms with van der Waals surface area (Å²) >= 11 is 0. The Balaban J connectivity index is 1.64. The van der Waals surface area contributed by atoms with Gasteiger partial charge in [-0.3, -0.25) is 4.79 Å². The quantitative estimate of drug-likeness (QED) is 0.882. The maximum atomic E-state index is 12.4. The lowest BCUT2D eigenvalue weighted by molar-refractivity contribution is -0.118. The summed E-state index contributed by atoms with van der Waals surface area (Å²) < 4.78 is 22.7. The van der Waals surface area contributed by atoms with Gasteiger partial charge in [0, 0.05) is 17.9 Å². The molecule has 1 saturated carbocycles. The summed E-state index contributed by atoms with van der Waals surface area (Å²) in [6.45, 7) is 1.99. The van der Waals surface area contributed by atoms with Crippen molar-refractivity contribution in [3.8, 4) is 0 Å². The molecule has 22 heavy (non-hydrogen) atoms. The van der Waals surface area contributed by atoms with E-state index in [0.29, 0.717) is 11.3 Å². The number of hydrogen-bond acceptors (Lipinski definition) is 4. The number of piperidine rings is 1. The highest BCUT2D eigenvalue weighted by Crippen LogP contribution is 2.58. The highest BCUT2D eigenvalue weighted by molar-refractivity contribution is 7.89. The summed E-state index contributed by atoms with van der Waals surface area (Å²) in [6, 6.07) is 7.10. The van der Waals surface area contributed by atoms with Crippen LogP contribution in [0.3, 0.4) is 0 Å². The number of nitrogens with one attached hydrogen (secondary N) is 2. The molecule has 0 radical (unpaired) electrons. The van der Waals surface area contributed by atoms with E-state index in [1.807, 2.05) is 0 Å². The molecule has 120 valence electrons. The van der Waals surface area contributed by atoms with Gasteiger partial charge in [0.05, 0.1) is 5.75 Å². The zero-order valence-electron chi connectivity index (χ0n) is 12.8. The molecule has 0 bridgehead atoms. The van der Waals surface area contributed by atoms with Crippen molar-refractivity contribution in [2.75, 3.05) is 24.7 Å². The molecule has 1 spiro atoms. The van der Waals surface area contributed by atoms with Crippen molar-refractivity contribution in [2.24, 2.45) is 11.3 Å². The Kier molecular flexibility index (Phi) is 3.99. The SMILES string of the molecule is CS(=O)(=O)Cc1cccc(NC(=O)C2CC23CCNCC3)c1. The van der Waals surface area contributed by atoms with Crippen LogP contribution in [0.4, 0.5) is 5.69 Å². The normalized spacial score (nSPS) is 23.2. The molecule has 6 heteroatoms. The van der Waals surface area contributed by atoms with E-state index in [9.17, 15) is 13.2 Å². The van der Waals surface area contributed by atoms with Crippen LogP contribution in [0.5, 0.6) is 0 Å². The van der Waals surface area contributed by atoms with Crippen LogP contribution in [0, 0.1) is 11.3 Å². The first-order valence-electron chi connectivity index (χ1n) is 7.66. The zero-order valence-corrected chi connectivity index (χ0v) is 13.6. The van der Waals surface area contributed by atoms with E-state index < -0.39 is 9.84 Å². The minimum absolute atomic E-state index is 0.00422. The van der Waals surface area contributed by atoms with Crippen LogP contribution in [0.2, 0.25) is 0 Å². The highest BCUT2D eigenvalue weighted by atomic mass is 32.2. The highest BCUT2D eigenvalue weighted by Gasteiger charge is 2.57. The molecule has 1 unspecified atom stereocenters. The van der Waals surface area contributed by atoms with Gasteiger partial charge in [0.1, 0.15) is 0 Å². The number of carbonyl (C=O) groups is 1. The van der Waals surface area contributed by atoms with Crippen LogP contribution in [-0.4, -0.2) is 33.7 Å². The first-order chi connectivity index (χ1) is 10.4. The minimum Gasteiger partial charge on any atom is -0.326 e. The second-order valence-electron chi connectivity index (χ2n) is 6.63. The molecule has 1 aliphatic heterocycles. The first-order valence-corrected chi connectivity index (χ1v) is 9.72. The van der Waals surface area contributed by atoms with Crippen molar-refractivity contribution < 1.29 is 13.2 Å². The topological polar surface area (TPSA) is 75.3 Å². The third-order valence-corrected chi connectivity index (χ3v) is 5.59. The Morgan fingerprint density at radius 2 is 2.09 bits per heavy atom. The van der Waals surface area contributed by atoms with Crippen molar-refractivity contribution in [1.29, 1.82) is 0 Å². The Bertz CT molecular complexity index is 678. The van der Waals surface area contributed by atoms with E-state index in [0.717, 1.165) is 32.4 Å². The van der Waals surface area contributed by atoms with Crippen LogP contribution in [0.15, 0.2) is 24.3 Å². The largest absolute Gasteiger partial charge is 0.326 e. The van der Waals surface area contributed by atoms with Gasteiger partial charge in [0.15, 0.2) is 9.84 Å². The molecule has 1 amide bonds. The third kappa shape index (κ3) is 3.50. The predicted octanol–water partition coefficient (Wildman–Crippen LogP) is 1.56. The number of benzene rings is 1. The van der Waals surface area contributed by atoms with Crippen molar-refractivity contribution in [2.45, 2.75) is 25.0 Å². The van der Waals surface area contributed by atoms with Crippen LogP contribution in [-0.2, 0) is 20.4 Å². The molecule has 1 aliphatic carbocycles. The smallest absolute Gasteiger partial charge is 0.228 e. The van der Waals surface area contributed by atoms with Gasteiger partial charge in [-0.15, -0.1) is 0 Å². The molecule has 2 fully saturated rings. The van der Waals surface area contributed by atoms with Gasteiger partial charge in [0.25, 0.3) is 0 Å². The molecule has 0 aromatic heterocycles. The second-order valence-corrected chi connectivity index (χ2v) is 8.77. The maximum Gasteiger partial charge on any atom is 0.228 e. The second kappa shape index (κ2) is 5.66. The minimum atomic E-state index is -3.07. The van der Waals surface area contributed by atoms with Gasteiger partial charge in [-0.05, 0) is 55.5 Å². The van der Waals surface area contributed by atoms with E-state index in [-0.39, 0.29) is 23.0 Å². The predicted molar refractivity (Wildman–Crippen MR) is 86.3 cm³/mol. The standard InChI is InChI=1S/C16H22N2O3S/c1-22(20,21)11-12-3-2-4-13(9-12)18-15(19)14-10-16(14)5-7-17-8-6-16/h2-4,9,14,17H,5-8,10-11H2,1H3,(H,18,19). The van der Waals surface area contributed by atoms with Gasteiger partial charge < -0.3 is 10.6 Å². The maximum absolute atomic E-state index is 12.4. The van der Waals surface area contributed by atoms with Crippen molar-refractivity contribution in [1.82, 2.24) is 5.32 Å². The fraction of sp³-hybridized carbons (Fsp3) is 0.562. The fourth-order valence-electron chi connectivity index (χ4n) is 3.47. The average Bonchev–Trinajstić information content (AvgIpc) is 3.11. The number of hydrogen-bond donors (Lipinski definition) is 2. The number of sulfone groups is 1. The van der Waals surface area contributed by atoms with Crippen LogP contribution >= 0.6 is 0 Å². The number of rotatable bonds is 4. The molecule has 1 aromatic rings. The third-order valence-electron chi connectivity index (χ3n) is 4.73. The monoisotopic (exact) mass is 322 g/mol. The molecule has 1 aromatic carbocycles. The lowest BCUT2D eigenvalue weighted by Crippen LogP contribution is -2.31. The first kappa shape index (κ1) is 15.5. The molecule has 3 rings (SSSR count). The number of amides is 1. The summed E-state index contributed by atoms with van der Waals surface area (Å²) in [5.41, 5.74) is 1.59. The van der Waals surface area contributed by atoms with Crippen LogP contribution in [0.1, 0.15) is 24.8 Å².